The molecule has 148 valence electrons. The summed E-state index contributed by atoms with van der Waals surface area (Å²) in [5, 5.41) is 6.15. The zero-order valence-corrected chi connectivity index (χ0v) is 17.7. The van der Waals surface area contributed by atoms with Crippen LogP contribution in [0.3, 0.4) is 0 Å². The molecule has 2 heterocycles. The maximum absolute atomic E-state index is 13.0. The molecule has 0 fully saturated rings. The highest BCUT2D eigenvalue weighted by Crippen LogP contribution is 2.37. The number of oxime groups is 1. The second-order valence-corrected chi connectivity index (χ2v) is 8.37. The van der Waals surface area contributed by atoms with E-state index in [9.17, 15) is 9.59 Å². The van der Waals surface area contributed by atoms with Crippen LogP contribution in [-0.2, 0) is 16.2 Å². The van der Waals surface area contributed by atoms with Gasteiger partial charge in [0.05, 0.1) is 10.3 Å². The number of nitrogens with zero attached hydrogens (tertiary/aromatic N) is 2. The molecule has 5 rings (SSSR count). The van der Waals surface area contributed by atoms with E-state index in [1.807, 2.05) is 66.7 Å². The van der Waals surface area contributed by atoms with Gasteiger partial charge in [-0.05, 0) is 18.2 Å². The fraction of sp³-hybridized carbons (Fsp3) is 0.125. The molecule has 0 spiro atoms. The molecule has 0 amide bonds. The van der Waals surface area contributed by atoms with Gasteiger partial charge in [0.2, 0.25) is 0 Å². The highest BCUT2D eigenvalue weighted by atomic mass is 79.9. The summed E-state index contributed by atoms with van der Waals surface area (Å²) in [4.78, 5) is 29.0. The van der Waals surface area contributed by atoms with Gasteiger partial charge in [-0.15, -0.1) is 0 Å². The summed E-state index contributed by atoms with van der Waals surface area (Å²) in [5.41, 5.74) is 5.00. The first-order valence-corrected chi connectivity index (χ1v) is 10.5. The lowest BCUT2D eigenvalue weighted by Gasteiger charge is -2.22. The number of para-hydroxylation sites is 1. The van der Waals surface area contributed by atoms with Crippen molar-refractivity contribution in [1.82, 2.24) is 4.57 Å². The molecule has 0 bridgehead atoms. The molecule has 6 heteroatoms. The van der Waals surface area contributed by atoms with Gasteiger partial charge in [-0.1, -0.05) is 69.6 Å². The van der Waals surface area contributed by atoms with Crippen LogP contribution in [0.1, 0.15) is 28.4 Å². The van der Waals surface area contributed by atoms with Crippen LogP contribution in [0.5, 0.6) is 0 Å². The highest BCUT2D eigenvalue weighted by Gasteiger charge is 2.28. The van der Waals surface area contributed by atoms with Gasteiger partial charge < -0.3 is 9.40 Å². The summed E-state index contributed by atoms with van der Waals surface area (Å²) in [6.45, 7) is 1.97. The second-order valence-electron chi connectivity index (χ2n) is 7.27. The molecule has 0 radical (unpaired) electrons. The zero-order valence-electron chi connectivity index (χ0n) is 16.1. The number of carbonyl (C=O) groups is 2. The third-order valence-electron chi connectivity index (χ3n) is 5.37. The summed E-state index contributed by atoms with van der Waals surface area (Å²) in [5.74, 6) is -0.454. The van der Waals surface area contributed by atoms with Crippen molar-refractivity contribution < 1.29 is 14.4 Å². The number of carbonyl (C=O) groups excluding carboxylic acids is 2. The van der Waals surface area contributed by atoms with Crippen LogP contribution in [0.2, 0.25) is 0 Å². The van der Waals surface area contributed by atoms with Crippen LogP contribution in [0.25, 0.3) is 21.8 Å². The SMILES string of the molecule is CC(=O)O/N=C1/c2cccc3c4cc(C(=O)c5ccccc5)ccc4n(c23)CC1Br. The quantitative estimate of drug-likeness (QED) is 0.185. The number of rotatable bonds is 3. The first-order valence-electron chi connectivity index (χ1n) is 9.59. The van der Waals surface area contributed by atoms with E-state index in [1.54, 1.807) is 0 Å². The standard InChI is InChI=1S/C24H17BrN2O3/c1-14(28)30-26-22-18-9-5-8-17-19-12-16(24(29)15-6-3-2-4-7-15)10-11-21(19)27(23(17)18)13-20(22)25/h2-12,20H,13H2,1H3/b26-22-. The predicted octanol–water partition coefficient (Wildman–Crippen LogP) is 5.07. The minimum absolute atomic E-state index is 0.0000886. The van der Waals surface area contributed by atoms with E-state index >= 15 is 0 Å². The average Bonchev–Trinajstić information content (AvgIpc) is 3.07. The smallest absolute Gasteiger partial charge is 0.331 e. The maximum Gasteiger partial charge on any atom is 0.331 e. The molecule has 5 nitrogen and oxygen atoms in total. The Kier molecular flexibility index (Phi) is 4.51. The third kappa shape index (κ3) is 2.95. The molecule has 30 heavy (non-hydrogen) atoms. The van der Waals surface area contributed by atoms with Crippen molar-refractivity contribution in [2.45, 2.75) is 18.3 Å². The maximum atomic E-state index is 13.0. The Balaban J connectivity index is 1.71. The topological polar surface area (TPSA) is 60.7 Å². The highest BCUT2D eigenvalue weighted by molar-refractivity contribution is 9.10. The minimum atomic E-state index is -0.454. The molecule has 1 aliphatic rings. The summed E-state index contributed by atoms with van der Waals surface area (Å²) in [6, 6.07) is 21.1. The van der Waals surface area contributed by atoms with Crippen molar-refractivity contribution >= 4 is 55.2 Å². The second kappa shape index (κ2) is 7.22. The lowest BCUT2D eigenvalue weighted by atomic mass is 9.99. The Morgan fingerprint density at radius 2 is 1.80 bits per heavy atom. The molecular formula is C24H17BrN2O3. The number of halogens is 1. The Hall–Kier alpha value is -3.25. The lowest BCUT2D eigenvalue weighted by Crippen LogP contribution is -2.27. The van der Waals surface area contributed by atoms with Crippen molar-refractivity contribution in [3.63, 3.8) is 0 Å². The van der Waals surface area contributed by atoms with Gasteiger partial charge in [-0.25, -0.2) is 4.79 Å². The molecular weight excluding hydrogens is 444 g/mol. The van der Waals surface area contributed by atoms with Crippen LogP contribution < -0.4 is 0 Å². The van der Waals surface area contributed by atoms with Crippen molar-refractivity contribution in [2.24, 2.45) is 5.16 Å². The van der Waals surface area contributed by atoms with E-state index in [1.165, 1.54) is 6.92 Å². The Labute approximate surface area is 181 Å². The van der Waals surface area contributed by atoms with Crippen LogP contribution >= 0.6 is 15.9 Å². The lowest BCUT2D eigenvalue weighted by molar-refractivity contribution is -0.140. The van der Waals surface area contributed by atoms with Crippen molar-refractivity contribution in [3.05, 3.63) is 83.4 Å². The molecule has 0 N–H and O–H groups in total. The predicted molar refractivity (Wildman–Crippen MR) is 120 cm³/mol. The van der Waals surface area contributed by atoms with Crippen LogP contribution in [-0.4, -0.2) is 26.9 Å². The summed E-state index contributed by atoms with van der Waals surface area (Å²) in [6.07, 6.45) is 0. The van der Waals surface area contributed by atoms with Crippen LogP contribution in [0.15, 0.2) is 71.9 Å². The average molecular weight is 461 g/mol. The largest absolute Gasteiger partial charge is 0.338 e. The molecule has 0 saturated heterocycles. The normalized spacial score (nSPS) is 16.9. The van der Waals surface area contributed by atoms with Gasteiger partial charge in [0.1, 0.15) is 5.71 Å². The van der Waals surface area contributed by atoms with Crippen LogP contribution in [0, 0.1) is 0 Å². The van der Waals surface area contributed by atoms with Crippen molar-refractivity contribution in [1.29, 1.82) is 0 Å². The van der Waals surface area contributed by atoms with E-state index in [4.69, 9.17) is 4.84 Å². The molecule has 3 aromatic carbocycles. The number of ketones is 1. The monoisotopic (exact) mass is 460 g/mol. The molecule has 0 saturated carbocycles. The van der Waals surface area contributed by atoms with E-state index in [-0.39, 0.29) is 10.6 Å². The van der Waals surface area contributed by atoms with E-state index < -0.39 is 5.97 Å². The number of alkyl halides is 1. The van der Waals surface area contributed by atoms with E-state index in [0.29, 0.717) is 23.4 Å². The number of hydrogen-bond donors (Lipinski definition) is 0. The Morgan fingerprint density at radius 3 is 2.57 bits per heavy atom. The van der Waals surface area contributed by atoms with Crippen LogP contribution in [0.4, 0.5) is 0 Å². The van der Waals surface area contributed by atoms with Gasteiger partial charge in [0.15, 0.2) is 5.78 Å². The number of fused-ring (bicyclic) bond motifs is 3. The molecule has 4 aromatic rings. The Bertz CT molecular complexity index is 1360. The summed E-state index contributed by atoms with van der Waals surface area (Å²) in [7, 11) is 0. The first kappa shape index (κ1) is 18.8. The van der Waals surface area contributed by atoms with Crippen molar-refractivity contribution in [2.75, 3.05) is 0 Å². The number of hydrogen-bond acceptors (Lipinski definition) is 4. The minimum Gasteiger partial charge on any atom is -0.338 e. The molecule has 1 atom stereocenters. The number of aromatic nitrogens is 1. The molecule has 1 unspecified atom stereocenters. The van der Waals surface area contributed by atoms with Gasteiger partial charge in [-0.3, -0.25) is 4.79 Å². The van der Waals surface area contributed by atoms with Gasteiger partial charge in [0.25, 0.3) is 0 Å². The first-order chi connectivity index (χ1) is 14.5. The summed E-state index contributed by atoms with van der Waals surface area (Å²) < 4.78 is 2.23. The zero-order chi connectivity index (χ0) is 20.8. The van der Waals surface area contributed by atoms with Gasteiger partial charge in [0, 0.05) is 46.4 Å². The summed E-state index contributed by atoms with van der Waals surface area (Å²) >= 11 is 3.68. The van der Waals surface area contributed by atoms with Gasteiger partial charge >= 0.3 is 5.97 Å². The fourth-order valence-corrected chi connectivity index (χ4v) is 4.71. The Morgan fingerprint density at radius 1 is 1.00 bits per heavy atom. The van der Waals surface area contributed by atoms with E-state index in [2.05, 4.69) is 25.7 Å². The third-order valence-corrected chi connectivity index (χ3v) is 6.09. The molecule has 0 aliphatic carbocycles. The molecule has 1 aromatic heterocycles. The number of benzene rings is 3. The molecule has 1 aliphatic heterocycles. The van der Waals surface area contributed by atoms with Gasteiger partial charge in [-0.2, -0.15) is 0 Å². The van der Waals surface area contributed by atoms with E-state index in [0.717, 1.165) is 27.4 Å². The fourth-order valence-electron chi connectivity index (χ4n) is 4.09. The van der Waals surface area contributed by atoms with Crippen molar-refractivity contribution in [3.8, 4) is 0 Å².